The minimum absolute atomic E-state index is 0.0728. The molecule has 0 aliphatic carbocycles. The van der Waals surface area contributed by atoms with Crippen LogP contribution in [0.25, 0.3) is 0 Å². The third-order valence-corrected chi connectivity index (χ3v) is 6.62. The molecule has 33 heavy (non-hydrogen) atoms. The minimum Gasteiger partial charge on any atom is -0.493 e. The lowest BCUT2D eigenvalue weighted by Crippen LogP contribution is -2.48. The third kappa shape index (κ3) is 4.84. The molecule has 0 N–H and O–H groups in total. The third-order valence-electron chi connectivity index (χ3n) is 5.90. The van der Waals surface area contributed by atoms with E-state index in [1.165, 1.54) is 24.0 Å². The number of halogens is 1. The molecule has 9 heteroatoms. The van der Waals surface area contributed by atoms with Gasteiger partial charge in [-0.2, -0.15) is 0 Å². The standard InChI is InChI=1S/C24H25IN2O6/c1-31-20-10-5-15(12-21(20)32-2)23(29)26(14-18-4-3-11-33-18)19-13-22(28)27(24(19)30)17-8-6-16(25)7-9-17/h5-10,12,18-19H,3-4,11,13-14H2,1-2H3. The first-order chi connectivity index (χ1) is 15.9. The molecule has 2 fully saturated rings. The van der Waals surface area contributed by atoms with Crippen molar-refractivity contribution >= 4 is 46.0 Å². The van der Waals surface area contributed by atoms with E-state index in [4.69, 9.17) is 14.2 Å². The molecule has 2 heterocycles. The molecule has 2 saturated heterocycles. The predicted molar refractivity (Wildman–Crippen MR) is 130 cm³/mol. The van der Waals surface area contributed by atoms with Gasteiger partial charge in [0.1, 0.15) is 6.04 Å². The van der Waals surface area contributed by atoms with Crippen molar-refractivity contribution in [2.24, 2.45) is 0 Å². The summed E-state index contributed by atoms with van der Waals surface area (Å²) in [5.74, 6) is -0.190. The number of hydrogen-bond acceptors (Lipinski definition) is 6. The molecule has 0 saturated carbocycles. The van der Waals surface area contributed by atoms with Gasteiger partial charge in [0.25, 0.3) is 11.8 Å². The molecule has 174 valence electrons. The summed E-state index contributed by atoms with van der Waals surface area (Å²) in [6.07, 6.45) is 1.45. The van der Waals surface area contributed by atoms with Crippen LogP contribution < -0.4 is 14.4 Å². The van der Waals surface area contributed by atoms with Crippen LogP contribution in [-0.2, 0) is 14.3 Å². The Morgan fingerprint density at radius 3 is 2.48 bits per heavy atom. The number of anilines is 1. The molecular weight excluding hydrogens is 539 g/mol. The molecule has 3 amide bonds. The molecule has 0 radical (unpaired) electrons. The van der Waals surface area contributed by atoms with Crippen LogP contribution >= 0.6 is 22.6 Å². The van der Waals surface area contributed by atoms with Crippen LogP contribution in [-0.4, -0.2) is 62.1 Å². The molecule has 2 aromatic rings. The van der Waals surface area contributed by atoms with Crippen molar-refractivity contribution in [2.75, 3.05) is 32.3 Å². The summed E-state index contributed by atoms with van der Waals surface area (Å²) < 4.78 is 17.3. The van der Waals surface area contributed by atoms with Crippen molar-refractivity contribution < 1.29 is 28.6 Å². The quantitative estimate of drug-likeness (QED) is 0.379. The summed E-state index contributed by atoms with van der Waals surface area (Å²) in [4.78, 5) is 42.5. The van der Waals surface area contributed by atoms with E-state index < -0.39 is 11.9 Å². The fourth-order valence-corrected chi connectivity index (χ4v) is 4.57. The van der Waals surface area contributed by atoms with Crippen LogP contribution in [0.5, 0.6) is 11.5 Å². The molecule has 0 bridgehead atoms. The Morgan fingerprint density at radius 1 is 1.12 bits per heavy atom. The highest BCUT2D eigenvalue weighted by molar-refractivity contribution is 14.1. The van der Waals surface area contributed by atoms with Gasteiger partial charge in [-0.3, -0.25) is 14.4 Å². The first kappa shape index (κ1) is 23.5. The smallest absolute Gasteiger partial charge is 0.257 e. The number of amides is 3. The van der Waals surface area contributed by atoms with E-state index >= 15 is 0 Å². The SMILES string of the molecule is COc1ccc(C(=O)N(CC2CCCO2)C2CC(=O)N(c3ccc(I)cc3)C2=O)cc1OC. The second kappa shape index (κ2) is 10.1. The second-order valence-electron chi connectivity index (χ2n) is 7.93. The van der Waals surface area contributed by atoms with Crippen molar-refractivity contribution in [2.45, 2.75) is 31.4 Å². The molecule has 8 nitrogen and oxygen atoms in total. The van der Waals surface area contributed by atoms with E-state index in [2.05, 4.69) is 22.6 Å². The zero-order valence-corrected chi connectivity index (χ0v) is 20.6. The maximum absolute atomic E-state index is 13.6. The van der Waals surface area contributed by atoms with Crippen LogP contribution in [0, 0.1) is 3.57 Å². The molecule has 2 atom stereocenters. The molecule has 2 aliphatic rings. The van der Waals surface area contributed by atoms with E-state index in [0.717, 1.165) is 16.4 Å². The van der Waals surface area contributed by atoms with Gasteiger partial charge in [-0.1, -0.05) is 0 Å². The van der Waals surface area contributed by atoms with Crippen molar-refractivity contribution in [3.63, 3.8) is 0 Å². The lowest BCUT2D eigenvalue weighted by Gasteiger charge is -2.30. The summed E-state index contributed by atoms with van der Waals surface area (Å²) >= 11 is 2.16. The highest BCUT2D eigenvalue weighted by atomic mass is 127. The predicted octanol–water partition coefficient (Wildman–Crippen LogP) is 3.26. The molecule has 0 aromatic heterocycles. The van der Waals surface area contributed by atoms with Crippen molar-refractivity contribution in [1.82, 2.24) is 4.90 Å². The Labute approximate surface area is 205 Å². The summed E-state index contributed by atoms with van der Waals surface area (Å²) in [7, 11) is 3.01. The van der Waals surface area contributed by atoms with Gasteiger partial charge in [0, 0.05) is 22.3 Å². The van der Waals surface area contributed by atoms with Crippen LogP contribution in [0.1, 0.15) is 29.6 Å². The zero-order valence-electron chi connectivity index (χ0n) is 18.5. The lowest BCUT2D eigenvalue weighted by molar-refractivity contribution is -0.122. The fraction of sp³-hybridized carbons (Fsp3) is 0.375. The van der Waals surface area contributed by atoms with Crippen LogP contribution in [0.2, 0.25) is 0 Å². The largest absolute Gasteiger partial charge is 0.493 e. The van der Waals surface area contributed by atoms with Gasteiger partial charge in [-0.15, -0.1) is 0 Å². The summed E-state index contributed by atoms with van der Waals surface area (Å²) in [5.41, 5.74) is 0.849. The van der Waals surface area contributed by atoms with E-state index in [-0.39, 0.29) is 30.9 Å². The monoisotopic (exact) mass is 564 g/mol. The van der Waals surface area contributed by atoms with Gasteiger partial charge in [0.05, 0.1) is 32.4 Å². The maximum Gasteiger partial charge on any atom is 0.257 e. The molecule has 4 rings (SSSR count). The van der Waals surface area contributed by atoms with Crippen molar-refractivity contribution in [3.8, 4) is 11.5 Å². The second-order valence-corrected chi connectivity index (χ2v) is 9.17. The number of carbonyl (C=O) groups excluding carboxylic acids is 3. The highest BCUT2D eigenvalue weighted by Crippen LogP contribution is 2.31. The average Bonchev–Trinajstić information content (AvgIpc) is 3.44. The van der Waals surface area contributed by atoms with Crippen LogP contribution in [0.4, 0.5) is 5.69 Å². The Hall–Kier alpha value is -2.66. The first-order valence-corrected chi connectivity index (χ1v) is 11.8. The number of methoxy groups -OCH3 is 2. The number of benzene rings is 2. The number of ether oxygens (including phenoxy) is 3. The van der Waals surface area contributed by atoms with E-state index in [1.54, 1.807) is 30.3 Å². The molecule has 0 spiro atoms. The molecule has 2 aliphatic heterocycles. The Kier molecular flexibility index (Phi) is 7.18. The number of carbonyl (C=O) groups is 3. The van der Waals surface area contributed by atoms with Crippen LogP contribution in [0.15, 0.2) is 42.5 Å². The summed E-state index contributed by atoms with van der Waals surface area (Å²) in [6.45, 7) is 0.854. The highest BCUT2D eigenvalue weighted by Gasteiger charge is 2.45. The molecular formula is C24H25IN2O6. The van der Waals surface area contributed by atoms with Gasteiger partial charge in [0.15, 0.2) is 11.5 Å². The van der Waals surface area contributed by atoms with Gasteiger partial charge in [0.2, 0.25) is 5.91 Å². The van der Waals surface area contributed by atoms with Gasteiger partial charge in [-0.25, -0.2) is 4.90 Å². The fourth-order valence-electron chi connectivity index (χ4n) is 4.22. The van der Waals surface area contributed by atoms with E-state index in [0.29, 0.717) is 29.4 Å². The normalized spacial score (nSPS) is 20.3. The topological polar surface area (TPSA) is 85.4 Å². The Morgan fingerprint density at radius 2 is 1.85 bits per heavy atom. The number of nitrogens with zero attached hydrogens (tertiary/aromatic N) is 2. The average molecular weight is 564 g/mol. The van der Waals surface area contributed by atoms with Gasteiger partial charge >= 0.3 is 0 Å². The summed E-state index contributed by atoms with van der Waals surface area (Å²) in [5, 5.41) is 0. The summed E-state index contributed by atoms with van der Waals surface area (Å²) in [6, 6.07) is 11.1. The number of hydrogen-bond donors (Lipinski definition) is 0. The van der Waals surface area contributed by atoms with E-state index in [1.807, 2.05) is 12.1 Å². The zero-order chi connectivity index (χ0) is 23.5. The number of imide groups is 1. The van der Waals surface area contributed by atoms with Gasteiger partial charge in [-0.05, 0) is 77.9 Å². The van der Waals surface area contributed by atoms with Crippen LogP contribution in [0.3, 0.4) is 0 Å². The molecule has 2 aromatic carbocycles. The maximum atomic E-state index is 13.6. The van der Waals surface area contributed by atoms with Crippen molar-refractivity contribution in [1.29, 1.82) is 0 Å². The first-order valence-electron chi connectivity index (χ1n) is 10.7. The molecule has 2 unspecified atom stereocenters. The van der Waals surface area contributed by atoms with Crippen molar-refractivity contribution in [3.05, 3.63) is 51.6 Å². The Balaban J connectivity index is 1.65. The lowest BCUT2D eigenvalue weighted by atomic mass is 10.1. The Bertz CT molecular complexity index is 1050. The minimum atomic E-state index is -0.901. The number of rotatable bonds is 7. The van der Waals surface area contributed by atoms with E-state index in [9.17, 15) is 14.4 Å². The van der Waals surface area contributed by atoms with Gasteiger partial charge < -0.3 is 19.1 Å².